The lowest BCUT2D eigenvalue weighted by atomic mass is 10.1. The number of para-hydroxylation sites is 1. The lowest BCUT2D eigenvalue weighted by Gasteiger charge is -2.22. The topological polar surface area (TPSA) is 70.9 Å². The van der Waals surface area contributed by atoms with Gasteiger partial charge in [-0.1, -0.05) is 103 Å². The van der Waals surface area contributed by atoms with Gasteiger partial charge in [0.05, 0.1) is 11.4 Å². The summed E-state index contributed by atoms with van der Waals surface area (Å²) in [5.74, 6) is 5.22. The summed E-state index contributed by atoms with van der Waals surface area (Å²) in [6.07, 6.45) is 0. The Balaban J connectivity index is 0.000000168. The number of hydrogen-bond acceptors (Lipinski definition) is 7. The standard InChI is InChI=1S/C16H18N2O.C16H18O2.2C14H16O/c1-16(2,3)19-15-11-9-14(10-12-15)18-17-13-7-5-4-6-8-13;1-16(2,3)18-15-11-9-14(10-12-15)17-13-7-5-4-6-8-13;1-14(2,3)15-13-10-6-8-11-7-4-5-9-12(11)13;1-14(2,3)15-13-9-8-11-6-4-5-7-12(11)10-13/h4-12H,1-3H3;4-12H,1-3H3;2*4-10H,1-3H3. The third kappa shape index (κ3) is 19.5. The van der Waals surface area contributed by atoms with Crippen molar-refractivity contribution in [2.45, 2.75) is 105 Å². The van der Waals surface area contributed by atoms with Gasteiger partial charge in [-0.05, 0) is 190 Å². The third-order valence-corrected chi connectivity index (χ3v) is 8.84. The first kappa shape index (κ1) is 50.9. The maximum atomic E-state index is 5.91. The van der Waals surface area contributed by atoms with Gasteiger partial charge in [0.25, 0.3) is 0 Å². The summed E-state index contributed by atoms with van der Waals surface area (Å²) in [4.78, 5) is 0. The summed E-state index contributed by atoms with van der Waals surface area (Å²) >= 11 is 0. The molecule has 67 heavy (non-hydrogen) atoms. The van der Waals surface area contributed by atoms with Crippen molar-refractivity contribution in [3.8, 4) is 34.5 Å². The number of ether oxygens (including phenoxy) is 5. The second-order valence-corrected chi connectivity index (χ2v) is 19.8. The van der Waals surface area contributed by atoms with Gasteiger partial charge in [-0.15, -0.1) is 0 Å². The van der Waals surface area contributed by atoms with E-state index in [-0.39, 0.29) is 22.4 Å². The van der Waals surface area contributed by atoms with Crippen molar-refractivity contribution in [2.24, 2.45) is 10.2 Å². The molecule has 7 heteroatoms. The summed E-state index contributed by atoms with van der Waals surface area (Å²) in [6.45, 7) is 24.5. The molecule has 0 N–H and O–H groups in total. The minimum absolute atomic E-state index is 0.136. The zero-order valence-corrected chi connectivity index (χ0v) is 41.4. The highest BCUT2D eigenvalue weighted by atomic mass is 16.5. The Kier molecular flexibility index (Phi) is 17.7. The minimum Gasteiger partial charge on any atom is -0.488 e. The van der Waals surface area contributed by atoms with Gasteiger partial charge in [0.1, 0.15) is 56.9 Å². The number of nitrogens with zero attached hydrogens (tertiary/aromatic N) is 2. The van der Waals surface area contributed by atoms with E-state index in [2.05, 4.69) is 94.2 Å². The predicted octanol–water partition coefficient (Wildman–Crippen LogP) is 18.0. The Labute approximate surface area is 399 Å². The molecule has 8 rings (SSSR count). The van der Waals surface area contributed by atoms with Gasteiger partial charge in [-0.3, -0.25) is 0 Å². The van der Waals surface area contributed by atoms with E-state index >= 15 is 0 Å². The molecule has 8 aromatic rings. The Hall–Kier alpha value is -7.12. The highest BCUT2D eigenvalue weighted by molar-refractivity contribution is 5.88. The van der Waals surface area contributed by atoms with Gasteiger partial charge in [0.15, 0.2) is 0 Å². The van der Waals surface area contributed by atoms with E-state index in [1.165, 1.54) is 21.5 Å². The SMILES string of the molecule is CC(C)(C)Oc1ccc(N=Nc2ccccc2)cc1.CC(C)(C)Oc1ccc(Oc2ccccc2)cc1.CC(C)(C)Oc1ccc2ccccc2c1.CC(C)(C)Oc1cccc2ccccc12. The molecule has 0 radical (unpaired) electrons. The smallest absolute Gasteiger partial charge is 0.127 e. The van der Waals surface area contributed by atoms with Crippen LogP contribution in [0.4, 0.5) is 11.4 Å². The second kappa shape index (κ2) is 23.4. The van der Waals surface area contributed by atoms with Crippen LogP contribution in [0, 0.1) is 0 Å². The summed E-state index contributed by atoms with van der Waals surface area (Å²) in [5.41, 5.74) is 1.00. The van der Waals surface area contributed by atoms with Crippen LogP contribution in [-0.2, 0) is 0 Å². The van der Waals surface area contributed by atoms with Gasteiger partial charge in [0.2, 0.25) is 0 Å². The molecule has 0 amide bonds. The molecule has 0 bridgehead atoms. The molecule has 348 valence electrons. The second-order valence-electron chi connectivity index (χ2n) is 19.8. The Morgan fingerprint density at radius 3 is 1.22 bits per heavy atom. The molecular formula is C60H68N2O5. The zero-order chi connectivity index (χ0) is 48.5. The number of rotatable bonds is 8. The molecule has 0 spiro atoms. The molecular weight excluding hydrogens is 829 g/mol. The van der Waals surface area contributed by atoms with Crippen molar-refractivity contribution in [1.29, 1.82) is 0 Å². The Morgan fingerprint density at radius 1 is 0.284 bits per heavy atom. The fourth-order valence-corrected chi connectivity index (χ4v) is 6.30. The van der Waals surface area contributed by atoms with Crippen LogP contribution in [0.5, 0.6) is 34.5 Å². The molecule has 0 saturated heterocycles. The maximum Gasteiger partial charge on any atom is 0.127 e. The predicted molar refractivity (Wildman–Crippen MR) is 279 cm³/mol. The van der Waals surface area contributed by atoms with E-state index in [9.17, 15) is 0 Å². The van der Waals surface area contributed by atoms with Gasteiger partial charge in [-0.25, -0.2) is 0 Å². The van der Waals surface area contributed by atoms with Gasteiger partial charge in [-0.2, -0.15) is 10.2 Å². The van der Waals surface area contributed by atoms with E-state index in [1.54, 1.807) is 0 Å². The van der Waals surface area contributed by atoms with E-state index in [4.69, 9.17) is 23.7 Å². The molecule has 0 unspecified atom stereocenters. The molecule has 8 aromatic carbocycles. The van der Waals surface area contributed by atoms with Crippen LogP contribution < -0.4 is 23.7 Å². The Morgan fingerprint density at radius 2 is 0.672 bits per heavy atom. The van der Waals surface area contributed by atoms with E-state index in [0.717, 1.165) is 45.9 Å². The monoisotopic (exact) mass is 897 g/mol. The maximum absolute atomic E-state index is 5.91. The van der Waals surface area contributed by atoms with Crippen molar-refractivity contribution in [1.82, 2.24) is 0 Å². The fourth-order valence-electron chi connectivity index (χ4n) is 6.30. The van der Waals surface area contributed by atoms with Gasteiger partial charge < -0.3 is 23.7 Å². The van der Waals surface area contributed by atoms with Crippen LogP contribution in [0.2, 0.25) is 0 Å². The highest BCUT2D eigenvalue weighted by Crippen LogP contribution is 2.29. The van der Waals surface area contributed by atoms with Crippen LogP contribution in [0.15, 0.2) is 204 Å². The average Bonchev–Trinajstić information content (AvgIpc) is 3.26. The van der Waals surface area contributed by atoms with Crippen molar-refractivity contribution in [3.63, 3.8) is 0 Å². The number of azo groups is 1. The first-order valence-electron chi connectivity index (χ1n) is 22.8. The number of benzene rings is 8. The molecule has 0 saturated carbocycles. The van der Waals surface area contributed by atoms with Crippen molar-refractivity contribution in [2.75, 3.05) is 0 Å². The highest BCUT2D eigenvalue weighted by Gasteiger charge is 2.15. The van der Waals surface area contributed by atoms with Gasteiger partial charge in [0, 0.05) is 5.39 Å². The zero-order valence-electron chi connectivity index (χ0n) is 41.4. The van der Waals surface area contributed by atoms with Crippen LogP contribution in [0.25, 0.3) is 21.5 Å². The largest absolute Gasteiger partial charge is 0.488 e. The lowest BCUT2D eigenvalue weighted by Crippen LogP contribution is -2.23. The quantitative estimate of drug-likeness (QED) is 0.142. The summed E-state index contributed by atoms with van der Waals surface area (Å²) in [5, 5.41) is 13.2. The first-order valence-corrected chi connectivity index (χ1v) is 22.8. The van der Waals surface area contributed by atoms with Crippen molar-refractivity contribution < 1.29 is 23.7 Å². The normalized spacial score (nSPS) is 11.5. The molecule has 0 atom stereocenters. The molecule has 0 aliphatic carbocycles. The minimum atomic E-state index is -0.187. The van der Waals surface area contributed by atoms with Crippen LogP contribution in [0.3, 0.4) is 0 Å². The molecule has 0 aliphatic rings. The first-order chi connectivity index (χ1) is 31.7. The van der Waals surface area contributed by atoms with Crippen LogP contribution in [-0.4, -0.2) is 22.4 Å². The van der Waals surface area contributed by atoms with E-state index in [0.29, 0.717) is 0 Å². The third-order valence-electron chi connectivity index (χ3n) is 8.84. The molecule has 0 aromatic heterocycles. The summed E-state index contributed by atoms with van der Waals surface area (Å²) in [6, 6.07) is 63.6. The number of hydrogen-bond donors (Lipinski definition) is 0. The summed E-state index contributed by atoms with van der Waals surface area (Å²) in [7, 11) is 0. The number of fused-ring (bicyclic) bond motifs is 2. The van der Waals surface area contributed by atoms with Crippen LogP contribution >= 0.6 is 0 Å². The molecule has 0 aliphatic heterocycles. The molecule has 0 fully saturated rings. The Bertz CT molecular complexity index is 2710. The molecule has 0 heterocycles. The summed E-state index contributed by atoms with van der Waals surface area (Å²) < 4.78 is 28.9. The molecule has 7 nitrogen and oxygen atoms in total. The fraction of sp³-hybridized carbons (Fsp3) is 0.267. The lowest BCUT2D eigenvalue weighted by molar-refractivity contribution is 0.130. The van der Waals surface area contributed by atoms with Crippen molar-refractivity contribution >= 4 is 32.9 Å². The van der Waals surface area contributed by atoms with E-state index in [1.807, 2.05) is 193 Å². The van der Waals surface area contributed by atoms with Crippen LogP contribution in [0.1, 0.15) is 83.1 Å². The van der Waals surface area contributed by atoms with Crippen molar-refractivity contribution in [3.05, 3.63) is 194 Å². The van der Waals surface area contributed by atoms with E-state index < -0.39 is 0 Å². The van der Waals surface area contributed by atoms with Gasteiger partial charge >= 0.3 is 0 Å². The average molecular weight is 897 g/mol.